The number of fused-ring (bicyclic) bond motifs is 5. The monoisotopic (exact) mass is 632 g/mol. The van der Waals surface area contributed by atoms with Crippen LogP contribution in [0.3, 0.4) is 0 Å². The van der Waals surface area contributed by atoms with Gasteiger partial charge in [0.15, 0.2) is 0 Å². The average Bonchev–Trinajstić information content (AvgIpc) is 3.19. The molecule has 0 unspecified atom stereocenters. The fourth-order valence-electron chi connectivity index (χ4n) is 8.26. The van der Waals surface area contributed by atoms with E-state index in [4.69, 9.17) is 0 Å². The van der Waals surface area contributed by atoms with Gasteiger partial charge in [0.2, 0.25) is 0 Å². The first-order valence-corrected chi connectivity index (χ1v) is 17.4. The van der Waals surface area contributed by atoms with Crippen LogP contribution in [0.5, 0.6) is 0 Å². The van der Waals surface area contributed by atoms with Crippen LogP contribution in [0, 0.1) is 0 Å². The normalized spacial score (nSPS) is 11.6. The van der Waals surface area contributed by atoms with Crippen LogP contribution in [-0.2, 0) is 0 Å². The Bertz CT molecular complexity index is 2910. The van der Waals surface area contributed by atoms with Crippen molar-refractivity contribution in [2.24, 2.45) is 0 Å². The van der Waals surface area contributed by atoms with Gasteiger partial charge in [-0.1, -0.05) is 188 Å². The van der Waals surface area contributed by atoms with Crippen LogP contribution in [-0.4, -0.2) is 0 Å². The Morgan fingerprint density at radius 3 is 1.18 bits per heavy atom. The van der Waals surface area contributed by atoms with E-state index in [9.17, 15) is 0 Å². The van der Waals surface area contributed by atoms with Crippen molar-refractivity contribution in [1.29, 1.82) is 0 Å². The van der Waals surface area contributed by atoms with Crippen molar-refractivity contribution in [2.45, 2.75) is 0 Å². The molecule has 0 fully saturated rings. The zero-order valence-electron chi connectivity index (χ0n) is 27.5. The van der Waals surface area contributed by atoms with Crippen molar-refractivity contribution in [2.75, 3.05) is 0 Å². The SMILES string of the molecule is c1cc(-c2cccc3ccccc23)cc(-c2cccc3c(-c4cccc5ccccc45)c4ccccc4c(-c4cccc5ccccc45)c23)c1. The van der Waals surface area contributed by atoms with Gasteiger partial charge in [0.1, 0.15) is 0 Å². The fraction of sp³-hybridized carbons (Fsp3) is 0. The van der Waals surface area contributed by atoms with Crippen molar-refractivity contribution < 1.29 is 0 Å². The van der Waals surface area contributed by atoms with Gasteiger partial charge in [0.25, 0.3) is 0 Å². The van der Waals surface area contributed by atoms with Gasteiger partial charge in [0, 0.05) is 0 Å². The van der Waals surface area contributed by atoms with Gasteiger partial charge in [-0.25, -0.2) is 0 Å². The lowest BCUT2D eigenvalue weighted by molar-refractivity contribution is 1.62. The van der Waals surface area contributed by atoms with Crippen molar-refractivity contribution in [1.82, 2.24) is 0 Å². The van der Waals surface area contributed by atoms with Crippen molar-refractivity contribution in [3.8, 4) is 44.5 Å². The first-order chi connectivity index (χ1) is 24.8. The van der Waals surface area contributed by atoms with Crippen LogP contribution in [0.25, 0.3) is 98.4 Å². The summed E-state index contributed by atoms with van der Waals surface area (Å²) in [5.41, 5.74) is 9.99. The van der Waals surface area contributed by atoms with Crippen LogP contribution >= 0.6 is 0 Å². The molecule has 10 rings (SSSR count). The van der Waals surface area contributed by atoms with Crippen LogP contribution < -0.4 is 0 Å². The molecule has 0 bridgehead atoms. The second-order valence-electron chi connectivity index (χ2n) is 13.2. The lowest BCUT2D eigenvalue weighted by atomic mass is 9.81. The highest BCUT2D eigenvalue weighted by Gasteiger charge is 2.22. The zero-order valence-corrected chi connectivity index (χ0v) is 27.5. The minimum atomic E-state index is 1.21. The van der Waals surface area contributed by atoms with E-state index in [-0.39, 0.29) is 0 Å². The van der Waals surface area contributed by atoms with Gasteiger partial charge in [0.05, 0.1) is 0 Å². The third-order valence-corrected chi connectivity index (χ3v) is 10.4. The van der Waals surface area contributed by atoms with E-state index < -0.39 is 0 Å². The van der Waals surface area contributed by atoms with Crippen LogP contribution in [0.15, 0.2) is 194 Å². The van der Waals surface area contributed by atoms with Crippen molar-refractivity contribution >= 4 is 53.9 Å². The largest absolute Gasteiger partial charge is 0.0616 e. The Kier molecular flexibility index (Phi) is 6.60. The molecule has 0 saturated carbocycles. The van der Waals surface area contributed by atoms with E-state index >= 15 is 0 Å². The van der Waals surface area contributed by atoms with E-state index in [0.29, 0.717) is 0 Å². The number of hydrogen-bond acceptors (Lipinski definition) is 0. The molecule has 0 amide bonds. The third kappa shape index (κ3) is 4.46. The average molecular weight is 633 g/mol. The summed E-state index contributed by atoms with van der Waals surface area (Å²) >= 11 is 0. The molecular weight excluding hydrogens is 601 g/mol. The molecular formula is C50H32. The predicted molar refractivity (Wildman–Crippen MR) is 216 cm³/mol. The van der Waals surface area contributed by atoms with E-state index in [0.717, 1.165) is 0 Å². The maximum absolute atomic E-state index is 2.39. The molecule has 50 heavy (non-hydrogen) atoms. The molecule has 0 aliphatic heterocycles. The Balaban J connectivity index is 1.36. The first-order valence-electron chi connectivity index (χ1n) is 17.4. The minimum Gasteiger partial charge on any atom is -0.0616 e. The second kappa shape index (κ2) is 11.6. The highest BCUT2D eigenvalue weighted by Crippen LogP contribution is 2.49. The van der Waals surface area contributed by atoms with E-state index in [1.807, 2.05) is 0 Å². The molecule has 0 nitrogen and oxygen atoms in total. The summed E-state index contributed by atoms with van der Waals surface area (Å²) in [5, 5.41) is 12.6. The lowest BCUT2D eigenvalue weighted by Gasteiger charge is -2.22. The molecule has 10 aromatic carbocycles. The van der Waals surface area contributed by atoms with Crippen LogP contribution in [0.1, 0.15) is 0 Å². The highest BCUT2D eigenvalue weighted by atomic mass is 14.2. The van der Waals surface area contributed by atoms with Gasteiger partial charge >= 0.3 is 0 Å². The predicted octanol–water partition coefficient (Wildman–Crippen LogP) is 14.1. The van der Waals surface area contributed by atoms with Gasteiger partial charge < -0.3 is 0 Å². The Labute approximate surface area is 291 Å². The fourth-order valence-corrected chi connectivity index (χ4v) is 8.26. The second-order valence-corrected chi connectivity index (χ2v) is 13.2. The maximum Gasteiger partial charge on any atom is -0.00139 e. The molecule has 0 spiro atoms. The Morgan fingerprint density at radius 2 is 0.580 bits per heavy atom. The number of hydrogen-bond donors (Lipinski definition) is 0. The molecule has 10 aromatic rings. The zero-order chi connectivity index (χ0) is 33.0. The maximum atomic E-state index is 2.39. The van der Waals surface area contributed by atoms with E-state index in [1.54, 1.807) is 0 Å². The molecule has 0 radical (unpaired) electrons. The van der Waals surface area contributed by atoms with E-state index in [2.05, 4.69) is 194 Å². The smallest absolute Gasteiger partial charge is 0.00139 e. The first kappa shape index (κ1) is 28.5. The molecule has 0 aliphatic rings. The van der Waals surface area contributed by atoms with Gasteiger partial charge in [-0.15, -0.1) is 0 Å². The van der Waals surface area contributed by atoms with Gasteiger partial charge in [-0.2, -0.15) is 0 Å². The molecule has 0 saturated heterocycles. The van der Waals surface area contributed by atoms with Crippen LogP contribution in [0.4, 0.5) is 0 Å². The summed E-state index contributed by atoms with van der Waals surface area (Å²) in [4.78, 5) is 0. The molecule has 0 heterocycles. The third-order valence-electron chi connectivity index (χ3n) is 10.4. The number of benzene rings is 10. The molecule has 0 N–H and O–H groups in total. The van der Waals surface area contributed by atoms with Gasteiger partial charge in [-0.3, -0.25) is 0 Å². The minimum absolute atomic E-state index is 1.21. The summed E-state index contributed by atoms with van der Waals surface area (Å²) in [7, 11) is 0. The molecule has 0 atom stereocenters. The summed E-state index contributed by atoms with van der Waals surface area (Å²) < 4.78 is 0. The summed E-state index contributed by atoms with van der Waals surface area (Å²) in [6, 6.07) is 71.4. The standard InChI is InChI=1S/C50H32/c1-4-22-38-33(14-1)17-10-27-41(38)36-20-9-21-37(32-36)42-28-13-31-47-48(43-29-11-18-34-15-2-5-23-39(34)43)45-25-7-8-26-46(45)50(49(42)47)44-30-12-19-35-16-3-6-24-40(35)44/h1-32H. The van der Waals surface area contributed by atoms with Gasteiger partial charge in [-0.05, 0) is 104 Å². The quantitative estimate of drug-likeness (QED) is 0.169. The summed E-state index contributed by atoms with van der Waals surface area (Å²) in [6.07, 6.45) is 0. The lowest BCUT2D eigenvalue weighted by Crippen LogP contribution is -1.94. The summed E-state index contributed by atoms with van der Waals surface area (Å²) in [5.74, 6) is 0. The van der Waals surface area contributed by atoms with Crippen molar-refractivity contribution in [3.63, 3.8) is 0 Å². The number of rotatable bonds is 4. The molecule has 0 heteroatoms. The van der Waals surface area contributed by atoms with E-state index in [1.165, 1.54) is 98.4 Å². The summed E-state index contributed by atoms with van der Waals surface area (Å²) in [6.45, 7) is 0. The molecule has 0 aliphatic carbocycles. The highest BCUT2D eigenvalue weighted by molar-refractivity contribution is 6.28. The van der Waals surface area contributed by atoms with Crippen molar-refractivity contribution in [3.05, 3.63) is 194 Å². The Hall–Kier alpha value is -6.50. The molecule has 0 aromatic heterocycles. The molecule has 232 valence electrons. The van der Waals surface area contributed by atoms with Crippen LogP contribution in [0.2, 0.25) is 0 Å². The topological polar surface area (TPSA) is 0 Å². The Morgan fingerprint density at radius 1 is 0.220 bits per heavy atom.